The molecule has 9 heteroatoms. The molecular weight excluding hydrogens is 484 g/mol. The number of nitrogens with zero attached hydrogens (tertiary/aromatic N) is 1. The highest BCUT2D eigenvalue weighted by atomic mass is 32.2. The van der Waals surface area contributed by atoms with Crippen LogP contribution in [-0.2, 0) is 21.4 Å². The second-order valence-electron chi connectivity index (χ2n) is 8.30. The van der Waals surface area contributed by atoms with Crippen molar-refractivity contribution in [2.24, 2.45) is 0 Å². The molecule has 4 aromatic rings. The van der Waals surface area contributed by atoms with Crippen LogP contribution in [0.4, 0.5) is 5.69 Å². The molecule has 1 aromatic heterocycles. The molecule has 0 aliphatic carbocycles. The Bertz CT molecular complexity index is 1560. The summed E-state index contributed by atoms with van der Waals surface area (Å²) < 4.78 is 27.0. The van der Waals surface area contributed by atoms with E-state index in [-0.39, 0.29) is 23.8 Å². The summed E-state index contributed by atoms with van der Waals surface area (Å²) in [6, 6.07) is 21.1. The largest absolute Gasteiger partial charge is 0.480 e. The van der Waals surface area contributed by atoms with E-state index in [0.717, 1.165) is 25.5 Å². The number of aliphatic carboxylic acids is 1. The van der Waals surface area contributed by atoms with Crippen molar-refractivity contribution in [2.75, 3.05) is 5.32 Å². The van der Waals surface area contributed by atoms with Crippen molar-refractivity contribution in [3.63, 3.8) is 0 Å². The Hall–Kier alpha value is -3.53. The number of amides is 1. The van der Waals surface area contributed by atoms with Crippen LogP contribution in [0.2, 0.25) is 0 Å². The van der Waals surface area contributed by atoms with E-state index in [9.17, 15) is 23.1 Å². The van der Waals surface area contributed by atoms with E-state index >= 15 is 0 Å². The fourth-order valence-corrected chi connectivity index (χ4v) is 7.67. The van der Waals surface area contributed by atoms with Crippen molar-refractivity contribution in [3.05, 3.63) is 83.2 Å². The van der Waals surface area contributed by atoms with Gasteiger partial charge in [0.2, 0.25) is 10.0 Å². The van der Waals surface area contributed by atoms with Crippen LogP contribution in [-0.4, -0.2) is 35.7 Å². The van der Waals surface area contributed by atoms with Crippen LogP contribution < -0.4 is 5.32 Å². The molecule has 0 fully saturated rings. The molecule has 0 spiro atoms. The van der Waals surface area contributed by atoms with Gasteiger partial charge in [0, 0.05) is 21.0 Å². The molecule has 2 N–H and O–H groups in total. The molecule has 5 rings (SSSR count). The predicted molar refractivity (Wildman–Crippen MR) is 136 cm³/mol. The maximum atomic E-state index is 12.9. The Kier molecular flexibility index (Phi) is 5.92. The molecule has 1 unspecified atom stereocenters. The van der Waals surface area contributed by atoms with Gasteiger partial charge in [0.1, 0.15) is 6.04 Å². The van der Waals surface area contributed by atoms with E-state index in [1.807, 2.05) is 48.5 Å². The number of rotatable bonds is 6. The van der Waals surface area contributed by atoms with Gasteiger partial charge in [0.25, 0.3) is 5.91 Å². The van der Waals surface area contributed by atoms with Crippen LogP contribution in [0.25, 0.3) is 21.2 Å². The average molecular weight is 507 g/mol. The number of fused-ring (bicyclic) bond motifs is 2. The van der Waals surface area contributed by atoms with Crippen molar-refractivity contribution in [1.82, 2.24) is 4.31 Å². The van der Waals surface area contributed by atoms with Gasteiger partial charge >= 0.3 is 5.97 Å². The van der Waals surface area contributed by atoms with Gasteiger partial charge in [-0.25, -0.2) is 8.42 Å². The first-order valence-corrected chi connectivity index (χ1v) is 13.3. The predicted octanol–water partition coefficient (Wildman–Crippen LogP) is 5.19. The molecule has 7 nitrogen and oxygen atoms in total. The van der Waals surface area contributed by atoms with Gasteiger partial charge in [-0.1, -0.05) is 49.4 Å². The van der Waals surface area contributed by atoms with Crippen molar-refractivity contribution in [1.29, 1.82) is 0 Å². The maximum absolute atomic E-state index is 12.9. The molecule has 1 aliphatic heterocycles. The summed E-state index contributed by atoms with van der Waals surface area (Å²) in [6.45, 7) is 1.72. The van der Waals surface area contributed by atoms with E-state index in [2.05, 4.69) is 5.32 Å². The highest BCUT2D eigenvalue weighted by Gasteiger charge is 2.43. The van der Waals surface area contributed by atoms with Gasteiger partial charge in [-0.2, -0.15) is 4.31 Å². The Morgan fingerprint density at radius 2 is 1.74 bits per heavy atom. The highest BCUT2D eigenvalue weighted by molar-refractivity contribution is 7.89. The third-order valence-corrected chi connectivity index (χ3v) is 9.33. The zero-order valence-electron chi connectivity index (χ0n) is 18.8. The first-order chi connectivity index (χ1) is 16.8. The van der Waals surface area contributed by atoms with E-state index in [0.29, 0.717) is 16.1 Å². The van der Waals surface area contributed by atoms with Crippen molar-refractivity contribution in [3.8, 4) is 10.4 Å². The number of carbonyl (C=O) groups excluding carboxylic acids is 1. The molecular formula is C26H22N2O5S2. The molecule has 1 aliphatic rings. The van der Waals surface area contributed by atoms with Gasteiger partial charge < -0.3 is 10.4 Å². The fourth-order valence-electron chi connectivity index (χ4n) is 4.27. The summed E-state index contributed by atoms with van der Waals surface area (Å²) in [5, 5.41) is 14.3. The normalized spacial score (nSPS) is 15.6. The molecule has 35 heavy (non-hydrogen) atoms. The highest BCUT2D eigenvalue weighted by Crippen LogP contribution is 2.42. The van der Waals surface area contributed by atoms with E-state index < -0.39 is 22.0 Å². The number of carboxylic acids is 1. The Morgan fingerprint density at radius 1 is 1.03 bits per heavy atom. The first kappa shape index (κ1) is 23.2. The van der Waals surface area contributed by atoms with Crippen LogP contribution in [0.15, 0.2) is 77.7 Å². The minimum Gasteiger partial charge on any atom is -0.480 e. The number of sulfonamides is 1. The summed E-state index contributed by atoms with van der Waals surface area (Å²) in [4.78, 5) is 25.8. The lowest BCUT2D eigenvalue weighted by Gasteiger charge is -2.21. The SMILES string of the molecule is CCC(C(=O)O)N1Cc2sc(-c3ccc(NC(=O)c4ccc5ccccc5c4)cc3)cc2S1(=O)=O. The van der Waals surface area contributed by atoms with Crippen LogP contribution >= 0.6 is 11.3 Å². The number of anilines is 1. The molecule has 1 amide bonds. The Morgan fingerprint density at radius 3 is 2.40 bits per heavy atom. The molecule has 3 aromatic carbocycles. The Labute approximate surface area is 206 Å². The summed E-state index contributed by atoms with van der Waals surface area (Å²) >= 11 is 1.34. The molecule has 178 valence electrons. The minimum absolute atomic E-state index is 0.0625. The molecule has 0 radical (unpaired) electrons. The zero-order valence-corrected chi connectivity index (χ0v) is 20.4. The lowest BCUT2D eigenvalue weighted by molar-refractivity contribution is -0.141. The molecule has 0 saturated carbocycles. The van der Waals surface area contributed by atoms with Crippen molar-refractivity contribution in [2.45, 2.75) is 30.8 Å². The summed E-state index contributed by atoms with van der Waals surface area (Å²) in [7, 11) is -3.85. The molecule has 2 heterocycles. The van der Waals surface area contributed by atoms with Crippen LogP contribution in [0, 0.1) is 0 Å². The number of carboxylic acid groups (broad SMARTS) is 1. The lowest BCUT2D eigenvalue weighted by Crippen LogP contribution is -2.40. The van der Waals surface area contributed by atoms with Crippen LogP contribution in [0.3, 0.4) is 0 Å². The zero-order chi connectivity index (χ0) is 24.7. The number of thiophene rings is 1. The van der Waals surface area contributed by atoms with Crippen molar-refractivity contribution >= 4 is 49.7 Å². The third-order valence-electron chi connectivity index (χ3n) is 6.11. The van der Waals surface area contributed by atoms with Gasteiger partial charge in [-0.05, 0) is 53.1 Å². The fraction of sp³-hybridized carbons (Fsp3) is 0.154. The van der Waals surface area contributed by atoms with Gasteiger partial charge in [0.15, 0.2) is 0 Å². The van der Waals surface area contributed by atoms with Gasteiger partial charge in [-0.15, -0.1) is 11.3 Å². The molecule has 1 atom stereocenters. The average Bonchev–Trinajstić information content (AvgIpc) is 3.38. The first-order valence-electron chi connectivity index (χ1n) is 11.1. The van der Waals surface area contributed by atoms with Gasteiger partial charge in [-0.3, -0.25) is 9.59 Å². The second-order valence-corrected chi connectivity index (χ2v) is 11.3. The minimum atomic E-state index is -3.85. The number of carbonyl (C=O) groups is 2. The summed E-state index contributed by atoms with van der Waals surface area (Å²) in [6.07, 6.45) is 0.197. The van der Waals surface area contributed by atoms with Crippen LogP contribution in [0.1, 0.15) is 28.6 Å². The number of benzene rings is 3. The number of hydrogen-bond acceptors (Lipinski definition) is 5. The van der Waals surface area contributed by atoms with E-state index in [4.69, 9.17) is 0 Å². The van der Waals surface area contributed by atoms with E-state index in [1.54, 1.807) is 31.2 Å². The standard InChI is InChI=1S/C26H22N2O5S2/c1-2-21(26(30)31)28-15-23-24(35(28,32)33)14-22(34-23)17-9-11-20(12-10-17)27-25(29)19-8-7-16-5-3-4-6-18(16)13-19/h3-14,21H,2,15H2,1H3,(H,27,29)(H,30,31). The quantitative estimate of drug-likeness (QED) is 0.375. The third kappa shape index (κ3) is 4.22. The van der Waals surface area contributed by atoms with E-state index in [1.165, 1.54) is 11.3 Å². The molecule has 0 saturated heterocycles. The molecule has 0 bridgehead atoms. The summed E-state index contributed by atoms with van der Waals surface area (Å²) in [5.41, 5.74) is 2.01. The second kappa shape index (κ2) is 8.92. The smallest absolute Gasteiger partial charge is 0.322 e. The van der Waals surface area contributed by atoms with Crippen LogP contribution in [0.5, 0.6) is 0 Å². The topological polar surface area (TPSA) is 104 Å². The van der Waals surface area contributed by atoms with Gasteiger partial charge in [0.05, 0.1) is 11.4 Å². The number of hydrogen-bond donors (Lipinski definition) is 2. The van der Waals surface area contributed by atoms with Crippen molar-refractivity contribution < 1.29 is 23.1 Å². The monoisotopic (exact) mass is 506 g/mol. The summed E-state index contributed by atoms with van der Waals surface area (Å²) in [5.74, 6) is -1.36. The Balaban J connectivity index is 1.33. The maximum Gasteiger partial charge on any atom is 0.322 e. The number of nitrogens with one attached hydrogen (secondary N) is 1. The lowest BCUT2D eigenvalue weighted by atomic mass is 10.1.